The molecule has 0 spiro atoms. The number of rotatable bonds is 5. The van der Waals surface area contributed by atoms with Crippen molar-refractivity contribution in [1.82, 2.24) is 15.5 Å². The van der Waals surface area contributed by atoms with E-state index in [4.69, 9.17) is 4.52 Å². The van der Waals surface area contributed by atoms with Crippen LogP contribution in [0.4, 0.5) is 0 Å². The molecule has 1 aliphatic carbocycles. The standard InChI is InChI=1S/C15H17N3O2/c19-15(12-7-4-8-12)16-10-14-17-13(18-20-14)9-11-5-2-1-3-6-11/h1-3,5-6,12H,4,7-10H2,(H,16,19). The first-order chi connectivity index (χ1) is 9.81. The summed E-state index contributed by atoms with van der Waals surface area (Å²) < 4.78 is 5.14. The van der Waals surface area contributed by atoms with E-state index in [2.05, 4.69) is 15.5 Å². The number of nitrogens with zero attached hydrogens (tertiary/aromatic N) is 2. The molecule has 0 atom stereocenters. The number of carbonyl (C=O) groups excluding carboxylic acids is 1. The van der Waals surface area contributed by atoms with Gasteiger partial charge in [-0.3, -0.25) is 4.79 Å². The molecule has 0 bridgehead atoms. The highest BCUT2D eigenvalue weighted by molar-refractivity contribution is 5.79. The number of amides is 1. The van der Waals surface area contributed by atoms with Gasteiger partial charge >= 0.3 is 0 Å². The lowest BCUT2D eigenvalue weighted by atomic mass is 9.85. The van der Waals surface area contributed by atoms with Gasteiger partial charge in [0.2, 0.25) is 11.8 Å². The smallest absolute Gasteiger partial charge is 0.246 e. The number of hydrogen-bond acceptors (Lipinski definition) is 4. The van der Waals surface area contributed by atoms with E-state index < -0.39 is 0 Å². The van der Waals surface area contributed by atoms with Crippen LogP contribution in [-0.2, 0) is 17.8 Å². The molecule has 5 nitrogen and oxygen atoms in total. The Morgan fingerprint density at radius 2 is 2.10 bits per heavy atom. The van der Waals surface area contributed by atoms with E-state index in [-0.39, 0.29) is 11.8 Å². The number of benzene rings is 1. The van der Waals surface area contributed by atoms with Gasteiger partial charge in [0.25, 0.3) is 0 Å². The minimum absolute atomic E-state index is 0.0964. The van der Waals surface area contributed by atoms with Gasteiger partial charge in [0.15, 0.2) is 5.82 Å². The monoisotopic (exact) mass is 271 g/mol. The number of nitrogens with one attached hydrogen (secondary N) is 1. The van der Waals surface area contributed by atoms with Crippen LogP contribution in [0.5, 0.6) is 0 Å². The van der Waals surface area contributed by atoms with Gasteiger partial charge in [0, 0.05) is 12.3 Å². The van der Waals surface area contributed by atoms with Gasteiger partial charge in [-0.15, -0.1) is 0 Å². The second-order valence-corrected chi connectivity index (χ2v) is 5.11. The molecule has 5 heteroatoms. The van der Waals surface area contributed by atoms with E-state index in [0.717, 1.165) is 24.8 Å². The fourth-order valence-electron chi connectivity index (χ4n) is 2.19. The van der Waals surface area contributed by atoms with Crippen LogP contribution < -0.4 is 5.32 Å². The van der Waals surface area contributed by atoms with Crippen molar-refractivity contribution in [3.8, 4) is 0 Å². The summed E-state index contributed by atoms with van der Waals surface area (Å²) in [4.78, 5) is 16.0. The van der Waals surface area contributed by atoms with Gasteiger partial charge in [-0.25, -0.2) is 0 Å². The van der Waals surface area contributed by atoms with E-state index in [1.165, 1.54) is 0 Å². The molecular weight excluding hydrogens is 254 g/mol. The summed E-state index contributed by atoms with van der Waals surface area (Å²) in [5.41, 5.74) is 1.14. The van der Waals surface area contributed by atoms with E-state index in [1.807, 2.05) is 30.3 Å². The quantitative estimate of drug-likeness (QED) is 0.904. The average molecular weight is 271 g/mol. The summed E-state index contributed by atoms with van der Waals surface area (Å²) in [6.45, 7) is 0.317. The van der Waals surface area contributed by atoms with Gasteiger partial charge in [0.1, 0.15) is 0 Å². The second-order valence-electron chi connectivity index (χ2n) is 5.11. The lowest BCUT2D eigenvalue weighted by Crippen LogP contribution is -2.34. The predicted molar refractivity (Wildman–Crippen MR) is 72.7 cm³/mol. The van der Waals surface area contributed by atoms with Gasteiger partial charge in [-0.2, -0.15) is 4.98 Å². The number of aromatic nitrogens is 2. The first-order valence-corrected chi connectivity index (χ1v) is 6.94. The summed E-state index contributed by atoms with van der Waals surface area (Å²) in [5.74, 6) is 1.38. The van der Waals surface area contributed by atoms with Crippen molar-refractivity contribution in [3.63, 3.8) is 0 Å². The second kappa shape index (κ2) is 5.86. The van der Waals surface area contributed by atoms with Gasteiger partial charge < -0.3 is 9.84 Å². The highest BCUT2D eigenvalue weighted by atomic mass is 16.5. The van der Waals surface area contributed by atoms with Gasteiger partial charge in [-0.1, -0.05) is 41.9 Å². The third kappa shape index (κ3) is 3.04. The van der Waals surface area contributed by atoms with Crippen molar-refractivity contribution in [3.05, 3.63) is 47.6 Å². The third-order valence-corrected chi connectivity index (χ3v) is 3.61. The molecule has 0 aliphatic heterocycles. The highest BCUT2D eigenvalue weighted by Gasteiger charge is 2.25. The van der Waals surface area contributed by atoms with Crippen LogP contribution in [-0.4, -0.2) is 16.0 Å². The van der Waals surface area contributed by atoms with Crippen molar-refractivity contribution in [1.29, 1.82) is 0 Å². The minimum Gasteiger partial charge on any atom is -0.347 e. The molecule has 1 N–H and O–H groups in total. The molecular formula is C15H17N3O2. The van der Waals surface area contributed by atoms with Crippen molar-refractivity contribution in [2.75, 3.05) is 0 Å². The van der Waals surface area contributed by atoms with Crippen LogP contribution in [0, 0.1) is 5.92 Å². The summed E-state index contributed by atoms with van der Waals surface area (Å²) in [6, 6.07) is 9.98. The number of carbonyl (C=O) groups is 1. The molecule has 1 saturated carbocycles. The molecule has 0 unspecified atom stereocenters. The summed E-state index contributed by atoms with van der Waals surface area (Å²) in [6.07, 6.45) is 3.78. The van der Waals surface area contributed by atoms with Crippen molar-refractivity contribution < 1.29 is 9.32 Å². The molecule has 1 aliphatic rings. The Kier molecular flexibility index (Phi) is 3.76. The first-order valence-electron chi connectivity index (χ1n) is 6.94. The van der Waals surface area contributed by atoms with Crippen molar-refractivity contribution >= 4 is 5.91 Å². The Morgan fingerprint density at radius 3 is 2.80 bits per heavy atom. The summed E-state index contributed by atoms with van der Waals surface area (Å²) >= 11 is 0. The van der Waals surface area contributed by atoms with Gasteiger partial charge in [-0.05, 0) is 18.4 Å². The molecule has 0 saturated heterocycles. The summed E-state index contributed by atoms with van der Waals surface area (Å²) in [7, 11) is 0. The number of hydrogen-bond donors (Lipinski definition) is 1. The molecule has 20 heavy (non-hydrogen) atoms. The molecule has 1 aromatic carbocycles. The highest BCUT2D eigenvalue weighted by Crippen LogP contribution is 2.26. The van der Waals surface area contributed by atoms with Crippen LogP contribution in [0.3, 0.4) is 0 Å². The van der Waals surface area contributed by atoms with E-state index in [0.29, 0.717) is 24.7 Å². The van der Waals surface area contributed by atoms with Crippen LogP contribution in [0.1, 0.15) is 36.5 Å². The van der Waals surface area contributed by atoms with Crippen LogP contribution >= 0.6 is 0 Å². The van der Waals surface area contributed by atoms with Crippen molar-refractivity contribution in [2.45, 2.75) is 32.2 Å². The normalized spacial score (nSPS) is 14.8. The Hall–Kier alpha value is -2.17. The topological polar surface area (TPSA) is 68.0 Å². The molecule has 2 aromatic rings. The molecule has 1 aromatic heterocycles. The molecule has 0 radical (unpaired) electrons. The van der Waals surface area contributed by atoms with Crippen molar-refractivity contribution in [2.24, 2.45) is 5.92 Å². The largest absolute Gasteiger partial charge is 0.347 e. The maximum absolute atomic E-state index is 11.7. The first kappa shape index (κ1) is 12.8. The minimum atomic E-state index is 0.0964. The van der Waals surface area contributed by atoms with Crippen LogP contribution in [0.25, 0.3) is 0 Å². The molecule has 3 rings (SSSR count). The average Bonchev–Trinajstić information content (AvgIpc) is 2.83. The Morgan fingerprint density at radius 1 is 1.30 bits per heavy atom. The maximum Gasteiger partial charge on any atom is 0.246 e. The predicted octanol–water partition coefficient (Wildman–Crippen LogP) is 2.08. The summed E-state index contributed by atoms with van der Waals surface area (Å²) in [5, 5.41) is 6.77. The Balaban J connectivity index is 1.52. The molecule has 1 fully saturated rings. The molecule has 1 amide bonds. The molecule has 1 heterocycles. The van der Waals surface area contributed by atoms with E-state index >= 15 is 0 Å². The fourth-order valence-corrected chi connectivity index (χ4v) is 2.19. The Labute approximate surface area is 117 Å². The fraction of sp³-hybridized carbons (Fsp3) is 0.400. The maximum atomic E-state index is 11.7. The molecule has 104 valence electrons. The van der Waals surface area contributed by atoms with Crippen LogP contribution in [0.15, 0.2) is 34.9 Å². The SMILES string of the molecule is O=C(NCc1nc(Cc2ccccc2)no1)C1CCC1. The Bertz CT molecular complexity index is 576. The van der Waals surface area contributed by atoms with Gasteiger partial charge in [0.05, 0.1) is 6.54 Å². The zero-order valence-electron chi connectivity index (χ0n) is 11.2. The van der Waals surface area contributed by atoms with Crippen LogP contribution in [0.2, 0.25) is 0 Å². The lowest BCUT2D eigenvalue weighted by Gasteiger charge is -2.23. The third-order valence-electron chi connectivity index (χ3n) is 3.61. The lowest BCUT2D eigenvalue weighted by molar-refractivity contribution is -0.127. The zero-order valence-corrected chi connectivity index (χ0v) is 11.2. The van der Waals surface area contributed by atoms with E-state index in [1.54, 1.807) is 0 Å². The zero-order chi connectivity index (χ0) is 13.8. The van der Waals surface area contributed by atoms with E-state index in [9.17, 15) is 4.79 Å².